The number of rotatable bonds is 4. The van der Waals surface area contributed by atoms with E-state index in [-0.39, 0.29) is 5.91 Å². The molecule has 1 saturated heterocycles. The normalized spacial score (nSPS) is 18.1. The minimum atomic E-state index is -0.00454. The van der Waals surface area contributed by atoms with Crippen molar-refractivity contribution in [3.05, 3.63) is 60.3 Å². The van der Waals surface area contributed by atoms with E-state index in [1.54, 1.807) is 0 Å². The SMILES string of the molecule is CN1CCCC(CNC(=O)c2ccc(-n3ncc4ccccc43)cc2)C1. The number of hydrogen-bond acceptors (Lipinski definition) is 3. The van der Waals surface area contributed by atoms with Crippen LogP contribution in [0.4, 0.5) is 0 Å². The Morgan fingerprint density at radius 3 is 2.81 bits per heavy atom. The van der Waals surface area contributed by atoms with Gasteiger partial charge in [0.2, 0.25) is 0 Å². The lowest BCUT2D eigenvalue weighted by Crippen LogP contribution is -2.39. The molecule has 1 atom stereocenters. The number of para-hydroxylation sites is 1. The first-order chi connectivity index (χ1) is 12.7. The molecule has 3 aromatic rings. The Morgan fingerprint density at radius 2 is 2.00 bits per heavy atom. The Bertz CT molecular complexity index is 900. The summed E-state index contributed by atoms with van der Waals surface area (Å²) in [4.78, 5) is 14.8. The minimum Gasteiger partial charge on any atom is -0.352 e. The number of hydrogen-bond donors (Lipinski definition) is 1. The van der Waals surface area contributed by atoms with Crippen molar-refractivity contribution in [2.24, 2.45) is 5.92 Å². The van der Waals surface area contributed by atoms with Crippen LogP contribution in [0, 0.1) is 5.92 Å². The van der Waals surface area contributed by atoms with E-state index in [0.29, 0.717) is 11.5 Å². The number of carbonyl (C=O) groups is 1. The van der Waals surface area contributed by atoms with Gasteiger partial charge in [-0.3, -0.25) is 4.79 Å². The topological polar surface area (TPSA) is 50.2 Å². The molecule has 134 valence electrons. The van der Waals surface area contributed by atoms with Gasteiger partial charge in [0.1, 0.15) is 0 Å². The van der Waals surface area contributed by atoms with Crippen molar-refractivity contribution >= 4 is 16.8 Å². The molecule has 0 spiro atoms. The number of amides is 1. The Kier molecular flexibility index (Phi) is 4.71. The molecule has 1 aliphatic rings. The predicted molar refractivity (Wildman–Crippen MR) is 104 cm³/mol. The number of fused-ring (bicyclic) bond motifs is 1. The highest BCUT2D eigenvalue weighted by Gasteiger charge is 2.18. The zero-order chi connectivity index (χ0) is 17.9. The van der Waals surface area contributed by atoms with E-state index in [4.69, 9.17) is 0 Å². The van der Waals surface area contributed by atoms with E-state index in [1.165, 1.54) is 12.8 Å². The molecule has 4 rings (SSSR count). The summed E-state index contributed by atoms with van der Waals surface area (Å²) in [6.07, 6.45) is 4.26. The number of benzene rings is 2. The molecule has 1 N–H and O–H groups in total. The first-order valence-corrected chi connectivity index (χ1v) is 9.20. The second-order valence-electron chi connectivity index (χ2n) is 7.14. The summed E-state index contributed by atoms with van der Waals surface area (Å²) in [5.41, 5.74) is 2.71. The molecule has 5 heteroatoms. The molecular formula is C21H24N4O. The van der Waals surface area contributed by atoms with E-state index >= 15 is 0 Å². The lowest BCUT2D eigenvalue weighted by Gasteiger charge is -2.29. The lowest BCUT2D eigenvalue weighted by molar-refractivity contribution is 0.0937. The molecule has 1 unspecified atom stereocenters. The molecule has 2 heterocycles. The van der Waals surface area contributed by atoms with Gasteiger partial charge in [0.05, 0.1) is 17.4 Å². The highest BCUT2D eigenvalue weighted by atomic mass is 16.1. The van der Waals surface area contributed by atoms with Crippen LogP contribution >= 0.6 is 0 Å². The number of aromatic nitrogens is 2. The van der Waals surface area contributed by atoms with Crippen molar-refractivity contribution in [1.29, 1.82) is 0 Å². The molecule has 0 saturated carbocycles. The molecule has 5 nitrogen and oxygen atoms in total. The van der Waals surface area contributed by atoms with Gasteiger partial charge in [-0.2, -0.15) is 5.10 Å². The summed E-state index contributed by atoms with van der Waals surface area (Å²) in [5, 5.41) is 8.64. The monoisotopic (exact) mass is 348 g/mol. The smallest absolute Gasteiger partial charge is 0.251 e. The quantitative estimate of drug-likeness (QED) is 0.788. The van der Waals surface area contributed by atoms with Gasteiger partial charge in [0.15, 0.2) is 0 Å². The van der Waals surface area contributed by atoms with Gasteiger partial charge >= 0.3 is 0 Å². The van der Waals surface area contributed by atoms with Gasteiger partial charge < -0.3 is 10.2 Å². The molecule has 0 aliphatic carbocycles. The first kappa shape index (κ1) is 16.8. The van der Waals surface area contributed by atoms with Gasteiger partial charge in [0.25, 0.3) is 5.91 Å². The summed E-state index contributed by atoms with van der Waals surface area (Å²) in [5.74, 6) is 0.544. The van der Waals surface area contributed by atoms with Crippen molar-refractivity contribution in [3.63, 3.8) is 0 Å². The van der Waals surface area contributed by atoms with Crippen LogP contribution in [-0.4, -0.2) is 47.3 Å². The van der Waals surface area contributed by atoms with Gasteiger partial charge in [-0.25, -0.2) is 4.68 Å². The van der Waals surface area contributed by atoms with Crippen LogP contribution in [0.1, 0.15) is 23.2 Å². The van der Waals surface area contributed by atoms with E-state index in [9.17, 15) is 4.79 Å². The van der Waals surface area contributed by atoms with Crippen molar-refractivity contribution in [1.82, 2.24) is 20.0 Å². The highest BCUT2D eigenvalue weighted by Crippen LogP contribution is 2.18. The number of likely N-dealkylation sites (tertiary alicyclic amines) is 1. The van der Waals surface area contributed by atoms with Crippen LogP contribution < -0.4 is 5.32 Å². The standard InChI is InChI=1S/C21H24N4O/c1-24-12-4-5-16(15-24)13-22-21(26)17-8-10-19(11-9-17)25-20-7-3-2-6-18(20)14-23-25/h2-3,6-11,14,16H,4-5,12-13,15H2,1H3,(H,22,26). The van der Waals surface area contributed by atoms with Crippen LogP contribution in [0.15, 0.2) is 54.7 Å². The summed E-state index contributed by atoms with van der Waals surface area (Å²) in [6.45, 7) is 2.97. The maximum absolute atomic E-state index is 12.4. The second-order valence-corrected chi connectivity index (χ2v) is 7.14. The Hall–Kier alpha value is -2.66. The molecule has 1 amide bonds. The third-order valence-electron chi connectivity index (χ3n) is 5.12. The van der Waals surface area contributed by atoms with Gasteiger partial charge in [-0.15, -0.1) is 0 Å². The van der Waals surface area contributed by atoms with Gasteiger partial charge in [-0.1, -0.05) is 18.2 Å². The summed E-state index contributed by atoms with van der Waals surface area (Å²) < 4.78 is 1.90. The number of carbonyl (C=O) groups excluding carboxylic acids is 1. The van der Waals surface area contributed by atoms with Crippen molar-refractivity contribution in [2.75, 3.05) is 26.7 Å². The largest absolute Gasteiger partial charge is 0.352 e. The Balaban J connectivity index is 1.43. The zero-order valence-corrected chi connectivity index (χ0v) is 15.1. The molecular weight excluding hydrogens is 324 g/mol. The van der Waals surface area contributed by atoms with E-state index in [0.717, 1.165) is 36.2 Å². The Labute approximate surface area is 153 Å². The summed E-state index contributed by atoms with van der Waals surface area (Å²) >= 11 is 0. The molecule has 1 aliphatic heterocycles. The predicted octanol–water partition coefficient (Wildman–Crippen LogP) is 3.10. The van der Waals surface area contributed by atoms with Crippen LogP contribution in [0.2, 0.25) is 0 Å². The highest BCUT2D eigenvalue weighted by molar-refractivity contribution is 5.94. The number of piperidine rings is 1. The fourth-order valence-corrected chi connectivity index (χ4v) is 3.71. The molecule has 1 fully saturated rings. The molecule has 26 heavy (non-hydrogen) atoms. The summed E-state index contributed by atoms with van der Waals surface area (Å²) in [6, 6.07) is 15.7. The van der Waals surface area contributed by atoms with Gasteiger partial charge in [-0.05, 0) is 62.7 Å². The average molecular weight is 348 g/mol. The first-order valence-electron chi connectivity index (χ1n) is 9.20. The van der Waals surface area contributed by atoms with Crippen LogP contribution in [0.5, 0.6) is 0 Å². The maximum Gasteiger partial charge on any atom is 0.251 e. The molecule has 1 aromatic heterocycles. The van der Waals surface area contributed by atoms with E-state index < -0.39 is 0 Å². The Morgan fingerprint density at radius 1 is 1.19 bits per heavy atom. The number of nitrogens with one attached hydrogen (secondary N) is 1. The van der Waals surface area contributed by atoms with Gasteiger partial charge in [0, 0.05) is 24.0 Å². The average Bonchev–Trinajstić information content (AvgIpc) is 3.10. The van der Waals surface area contributed by atoms with Crippen molar-refractivity contribution in [2.45, 2.75) is 12.8 Å². The second kappa shape index (κ2) is 7.30. The zero-order valence-electron chi connectivity index (χ0n) is 15.1. The number of nitrogens with zero attached hydrogens (tertiary/aromatic N) is 3. The van der Waals surface area contributed by atoms with Crippen molar-refractivity contribution in [3.8, 4) is 5.69 Å². The van der Waals surface area contributed by atoms with Crippen LogP contribution in [-0.2, 0) is 0 Å². The third kappa shape index (κ3) is 3.48. The third-order valence-corrected chi connectivity index (χ3v) is 5.12. The molecule has 0 radical (unpaired) electrons. The van der Waals surface area contributed by atoms with Crippen molar-refractivity contribution < 1.29 is 4.79 Å². The molecule has 0 bridgehead atoms. The fraction of sp³-hybridized carbons (Fsp3) is 0.333. The molecule has 2 aromatic carbocycles. The van der Waals surface area contributed by atoms with E-state index in [2.05, 4.69) is 22.4 Å². The fourth-order valence-electron chi connectivity index (χ4n) is 3.71. The summed E-state index contributed by atoms with van der Waals surface area (Å²) in [7, 11) is 2.14. The minimum absolute atomic E-state index is 0.00454. The maximum atomic E-state index is 12.4. The lowest BCUT2D eigenvalue weighted by atomic mass is 9.98. The van der Waals surface area contributed by atoms with Crippen LogP contribution in [0.3, 0.4) is 0 Å². The van der Waals surface area contributed by atoms with Crippen LogP contribution in [0.25, 0.3) is 16.6 Å². The van der Waals surface area contributed by atoms with E-state index in [1.807, 2.05) is 59.4 Å².